The SMILES string of the molecule is COCCNCC(CCSC(C)C)CC(C)C. The number of hydrogen-bond acceptors (Lipinski definition) is 3. The van der Waals surface area contributed by atoms with Crippen molar-refractivity contribution in [2.45, 2.75) is 45.8 Å². The molecule has 0 aliphatic rings. The molecular formula is C14H31NOS. The van der Waals surface area contributed by atoms with Gasteiger partial charge in [-0.3, -0.25) is 0 Å². The van der Waals surface area contributed by atoms with Crippen molar-refractivity contribution in [3.63, 3.8) is 0 Å². The van der Waals surface area contributed by atoms with E-state index in [1.165, 1.54) is 18.6 Å². The zero-order chi connectivity index (χ0) is 13.1. The van der Waals surface area contributed by atoms with Crippen LogP contribution in [-0.4, -0.2) is 37.8 Å². The first kappa shape index (κ1) is 17.3. The lowest BCUT2D eigenvalue weighted by Gasteiger charge is -2.20. The monoisotopic (exact) mass is 261 g/mol. The molecule has 0 radical (unpaired) electrons. The Hall–Kier alpha value is 0.270. The van der Waals surface area contributed by atoms with Crippen LogP contribution >= 0.6 is 11.8 Å². The van der Waals surface area contributed by atoms with Crippen molar-refractivity contribution in [3.05, 3.63) is 0 Å². The van der Waals surface area contributed by atoms with Crippen molar-refractivity contribution in [2.75, 3.05) is 32.6 Å². The van der Waals surface area contributed by atoms with Crippen LogP contribution in [-0.2, 0) is 4.74 Å². The second kappa shape index (κ2) is 11.4. The van der Waals surface area contributed by atoms with Crippen LogP contribution in [0.3, 0.4) is 0 Å². The lowest BCUT2D eigenvalue weighted by atomic mass is 9.95. The Kier molecular flexibility index (Phi) is 11.5. The van der Waals surface area contributed by atoms with E-state index in [1.807, 2.05) is 0 Å². The van der Waals surface area contributed by atoms with Crippen LogP contribution in [0, 0.1) is 11.8 Å². The van der Waals surface area contributed by atoms with Crippen molar-refractivity contribution in [2.24, 2.45) is 11.8 Å². The van der Waals surface area contributed by atoms with Gasteiger partial charge in [-0.2, -0.15) is 11.8 Å². The third-order valence-electron chi connectivity index (χ3n) is 2.70. The lowest BCUT2D eigenvalue weighted by molar-refractivity contribution is 0.197. The van der Waals surface area contributed by atoms with Crippen LogP contribution in [0.15, 0.2) is 0 Å². The van der Waals surface area contributed by atoms with Crippen molar-refractivity contribution >= 4 is 11.8 Å². The molecule has 0 saturated carbocycles. The molecule has 0 spiro atoms. The predicted molar refractivity (Wildman–Crippen MR) is 79.9 cm³/mol. The Labute approximate surface area is 112 Å². The van der Waals surface area contributed by atoms with Crippen LogP contribution in [0.25, 0.3) is 0 Å². The van der Waals surface area contributed by atoms with Gasteiger partial charge in [0.2, 0.25) is 0 Å². The van der Waals surface area contributed by atoms with E-state index in [0.29, 0.717) is 0 Å². The minimum atomic E-state index is 0.760. The number of nitrogens with one attached hydrogen (secondary N) is 1. The summed E-state index contributed by atoms with van der Waals surface area (Å²) in [6.07, 6.45) is 2.67. The molecule has 2 nitrogen and oxygen atoms in total. The van der Waals surface area contributed by atoms with Crippen LogP contribution in [0.2, 0.25) is 0 Å². The Morgan fingerprint density at radius 3 is 2.41 bits per heavy atom. The first-order chi connectivity index (χ1) is 8.06. The number of hydrogen-bond donors (Lipinski definition) is 1. The maximum absolute atomic E-state index is 5.05. The summed E-state index contributed by atoms with van der Waals surface area (Å²) in [7, 11) is 1.76. The van der Waals surface area contributed by atoms with Gasteiger partial charge in [0.1, 0.15) is 0 Å². The molecule has 104 valence electrons. The van der Waals surface area contributed by atoms with Gasteiger partial charge >= 0.3 is 0 Å². The van der Waals surface area contributed by atoms with Gasteiger partial charge in [0.25, 0.3) is 0 Å². The van der Waals surface area contributed by atoms with Crippen LogP contribution in [0.4, 0.5) is 0 Å². The fourth-order valence-corrected chi connectivity index (χ4v) is 2.86. The first-order valence-corrected chi connectivity index (χ1v) is 7.92. The Morgan fingerprint density at radius 1 is 1.18 bits per heavy atom. The van der Waals surface area contributed by atoms with Gasteiger partial charge in [0.05, 0.1) is 6.61 Å². The fraction of sp³-hybridized carbons (Fsp3) is 1.00. The predicted octanol–water partition coefficient (Wildman–Crippen LogP) is 3.42. The summed E-state index contributed by atoms with van der Waals surface area (Å²) in [6, 6.07) is 0. The standard InChI is InChI=1S/C14H31NOS/c1-12(2)10-14(6-9-17-13(3)4)11-15-7-8-16-5/h12-15H,6-11H2,1-5H3. The molecule has 1 N–H and O–H groups in total. The summed E-state index contributed by atoms with van der Waals surface area (Å²) in [5, 5.41) is 4.26. The molecule has 0 aliphatic carbocycles. The number of rotatable bonds is 11. The smallest absolute Gasteiger partial charge is 0.0587 e. The molecule has 0 aromatic carbocycles. The average molecular weight is 261 g/mol. The van der Waals surface area contributed by atoms with Crippen LogP contribution in [0.5, 0.6) is 0 Å². The van der Waals surface area contributed by atoms with Crippen molar-refractivity contribution < 1.29 is 4.74 Å². The zero-order valence-electron chi connectivity index (χ0n) is 12.3. The third kappa shape index (κ3) is 12.5. The second-order valence-corrected chi connectivity index (χ2v) is 7.09. The maximum atomic E-state index is 5.05. The highest BCUT2D eigenvalue weighted by Gasteiger charge is 2.11. The highest BCUT2D eigenvalue weighted by molar-refractivity contribution is 7.99. The molecule has 0 fully saturated rings. The van der Waals surface area contributed by atoms with Gasteiger partial charge in [0, 0.05) is 13.7 Å². The van der Waals surface area contributed by atoms with Gasteiger partial charge in [-0.25, -0.2) is 0 Å². The maximum Gasteiger partial charge on any atom is 0.0587 e. The van der Waals surface area contributed by atoms with E-state index in [1.54, 1.807) is 7.11 Å². The first-order valence-electron chi connectivity index (χ1n) is 6.87. The van der Waals surface area contributed by atoms with Gasteiger partial charge < -0.3 is 10.1 Å². The second-order valence-electron chi connectivity index (χ2n) is 5.40. The van der Waals surface area contributed by atoms with Crippen molar-refractivity contribution in [1.82, 2.24) is 5.32 Å². The number of ether oxygens (including phenoxy) is 1. The molecule has 0 aromatic rings. The fourth-order valence-electron chi connectivity index (χ4n) is 1.92. The van der Waals surface area contributed by atoms with Gasteiger partial charge in [-0.1, -0.05) is 27.7 Å². The lowest BCUT2D eigenvalue weighted by Crippen LogP contribution is -2.27. The van der Waals surface area contributed by atoms with Crippen molar-refractivity contribution in [3.8, 4) is 0 Å². The molecule has 0 aromatic heterocycles. The molecule has 3 heteroatoms. The quantitative estimate of drug-likeness (QED) is 0.576. The van der Waals surface area contributed by atoms with E-state index in [4.69, 9.17) is 4.74 Å². The highest BCUT2D eigenvalue weighted by Crippen LogP contribution is 2.19. The van der Waals surface area contributed by atoms with Crippen molar-refractivity contribution in [1.29, 1.82) is 0 Å². The molecule has 1 atom stereocenters. The topological polar surface area (TPSA) is 21.3 Å². The summed E-state index contributed by atoms with van der Waals surface area (Å²) in [6.45, 7) is 12.1. The van der Waals surface area contributed by atoms with E-state index in [9.17, 15) is 0 Å². The minimum absolute atomic E-state index is 0.760. The minimum Gasteiger partial charge on any atom is -0.383 e. The largest absolute Gasteiger partial charge is 0.383 e. The molecule has 0 rings (SSSR count). The number of methoxy groups -OCH3 is 1. The molecule has 0 saturated heterocycles. The zero-order valence-corrected chi connectivity index (χ0v) is 13.1. The highest BCUT2D eigenvalue weighted by atomic mass is 32.2. The van der Waals surface area contributed by atoms with Gasteiger partial charge in [-0.05, 0) is 42.2 Å². The Morgan fingerprint density at radius 2 is 1.88 bits per heavy atom. The van der Waals surface area contributed by atoms with Crippen LogP contribution < -0.4 is 5.32 Å². The normalized spacial score (nSPS) is 13.6. The van der Waals surface area contributed by atoms with Gasteiger partial charge in [0.15, 0.2) is 0 Å². The van der Waals surface area contributed by atoms with E-state index in [0.717, 1.165) is 36.8 Å². The summed E-state index contributed by atoms with van der Waals surface area (Å²) in [4.78, 5) is 0. The molecule has 0 bridgehead atoms. The summed E-state index contributed by atoms with van der Waals surface area (Å²) >= 11 is 2.08. The summed E-state index contributed by atoms with van der Waals surface area (Å²) < 4.78 is 5.05. The van der Waals surface area contributed by atoms with E-state index >= 15 is 0 Å². The van der Waals surface area contributed by atoms with E-state index < -0.39 is 0 Å². The van der Waals surface area contributed by atoms with Crippen LogP contribution in [0.1, 0.15) is 40.5 Å². The molecule has 17 heavy (non-hydrogen) atoms. The van der Waals surface area contributed by atoms with E-state index in [2.05, 4.69) is 44.8 Å². The molecule has 0 aliphatic heterocycles. The summed E-state index contributed by atoms with van der Waals surface area (Å²) in [5.41, 5.74) is 0. The molecular weight excluding hydrogens is 230 g/mol. The third-order valence-corrected chi connectivity index (χ3v) is 3.84. The molecule has 0 amide bonds. The summed E-state index contributed by atoms with van der Waals surface area (Å²) in [5.74, 6) is 2.91. The molecule has 1 unspecified atom stereocenters. The average Bonchev–Trinajstić information content (AvgIpc) is 2.22. The van der Waals surface area contributed by atoms with Gasteiger partial charge in [-0.15, -0.1) is 0 Å². The Balaban J connectivity index is 3.71. The van der Waals surface area contributed by atoms with E-state index in [-0.39, 0.29) is 0 Å². The number of thioether (sulfide) groups is 1. The molecule has 0 heterocycles. The Bertz CT molecular complexity index is 162.